The summed E-state index contributed by atoms with van der Waals surface area (Å²) >= 11 is 0. The highest BCUT2D eigenvalue weighted by Crippen LogP contribution is 2.04. The molecule has 0 atom stereocenters. The number of amides is 1. The van der Waals surface area contributed by atoms with Crippen LogP contribution in [0.3, 0.4) is 0 Å². The third-order valence-electron chi connectivity index (χ3n) is 1.59. The van der Waals surface area contributed by atoms with E-state index in [0.29, 0.717) is 5.69 Å². The first-order valence-corrected chi connectivity index (χ1v) is 3.26. The van der Waals surface area contributed by atoms with Crippen molar-refractivity contribution >= 4 is 19.2 Å². The normalized spacial score (nSPS) is 9.33. The van der Waals surface area contributed by atoms with Crippen LogP contribution in [-0.4, -0.2) is 18.7 Å². The van der Waals surface area contributed by atoms with Crippen LogP contribution in [0.25, 0.3) is 0 Å². The van der Waals surface area contributed by atoms with E-state index in [1.807, 2.05) is 6.07 Å². The molecule has 1 amide bonds. The number of carbonyl (C=O) groups is 1. The Balaban J connectivity index is 3.42. The van der Waals surface area contributed by atoms with E-state index in [-0.39, 0.29) is 16.7 Å². The Morgan fingerprint density at radius 2 is 2.33 bits per heavy atom. The lowest BCUT2D eigenvalue weighted by Crippen LogP contribution is -2.15. The van der Waals surface area contributed by atoms with Crippen molar-refractivity contribution in [2.24, 2.45) is 5.73 Å². The summed E-state index contributed by atoms with van der Waals surface area (Å²) in [5.74, 6) is -0.675. The zero-order valence-electron chi connectivity index (χ0n) is 6.51. The van der Waals surface area contributed by atoms with Gasteiger partial charge in [0, 0.05) is 5.69 Å². The minimum absolute atomic E-state index is 0.0764. The predicted octanol–water partition coefficient (Wildman–Crippen LogP) is -0.913. The van der Waals surface area contributed by atoms with Crippen molar-refractivity contribution in [1.82, 2.24) is 4.98 Å². The first-order chi connectivity index (χ1) is 5.57. The number of aromatic nitrogens is 1. The van der Waals surface area contributed by atoms with Gasteiger partial charge in [-0.2, -0.15) is 5.26 Å². The number of nitrogens with zero attached hydrogens (tertiary/aromatic N) is 1. The van der Waals surface area contributed by atoms with Crippen LogP contribution in [0.4, 0.5) is 0 Å². The topological polar surface area (TPSA) is 82.7 Å². The fraction of sp³-hybridized carbons (Fsp3) is 0.143. The highest BCUT2D eigenvalue weighted by atomic mass is 16.1. The number of nitriles is 1. The van der Waals surface area contributed by atoms with Crippen molar-refractivity contribution in [1.29, 1.82) is 5.26 Å². The zero-order valence-corrected chi connectivity index (χ0v) is 6.51. The van der Waals surface area contributed by atoms with Crippen molar-refractivity contribution in [3.8, 4) is 6.07 Å². The van der Waals surface area contributed by atoms with Gasteiger partial charge in [-0.05, 0) is 6.92 Å². The molecule has 0 unspecified atom stereocenters. The van der Waals surface area contributed by atoms with E-state index < -0.39 is 5.91 Å². The zero-order chi connectivity index (χ0) is 9.30. The molecule has 1 rings (SSSR count). The van der Waals surface area contributed by atoms with Gasteiger partial charge in [-0.25, -0.2) is 0 Å². The minimum atomic E-state index is -0.675. The van der Waals surface area contributed by atoms with Gasteiger partial charge in [0.25, 0.3) is 5.91 Å². The van der Waals surface area contributed by atoms with Gasteiger partial charge in [0.15, 0.2) is 0 Å². The van der Waals surface area contributed by atoms with Gasteiger partial charge >= 0.3 is 0 Å². The molecule has 0 bridgehead atoms. The molecule has 4 nitrogen and oxygen atoms in total. The Morgan fingerprint density at radius 3 is 2.67 bits per heavy atom. The van der Waals surface area contributed by atoms with Crippen LogP contribution in [0.15, 0.2) is 0 Å². The summed E-state index contributed by atoms with van der Waals surface area (Å²) in [4.78, 5) is 13.4. The van der Waals surface area contributed by atoms with Crippen molar-refractivity contribution < 1.29 is 4.79 Å². The molecule has 12 heavy (non-hydrogen) atoms. The Morgan fingerprint density at radius 1 is 1.75 bits per heavy atom. The molecule has 5 heteroatoms. The van der Waals surface area contributed by atoms with Crippen LogP contribution in [0.2, 0.25) is 0 Å². The monoisotopic (exact) mass is 159 g/mol. The number of rotatable bonds is 1. The number of aryl methyl sites for hydroxylation is 1. The van der Waals surface area contributed by atoms with Crippen molar-refractivity contribution in [3.63, 3.8) is 0 Å². The number of aromatic amines is 1. The summed E-state index contributed by atoms with van der Waals surface area (Å²) in [5, 5.41) is 8.60. The summed E-state index contributed by atoms with van der Waals surface area (Å²) in [6.07, 6.45) is 0. The van der Waals surface area contributed by atoms with E-state index in [1.165, 1.54) is 0 Å². The molecule has 0 aliphatic carbocycles. The van der Waals surface area contributed by atoms with Gasteiger partial charge in [-0.3, -0.25) is 4.79 Å². The average Bonchev–Trinajstić information content (AvgIpc) is 2.29. The van der Waals surface area contributed by atoms with Gasteiger partial charge in [0.1, 0.15) is 19.6 Å². The van der Waals surface area contributed by atoms with Gasteiger partial charge in [-0.15, -0.1) is 0 Å². The number of hydrogen-bond donors (Lipinski definition) is 2. The Hall–Kier alpha value is -1.70. The third kappa shape index (κ3) is 1.07. The highest BCUT2D eigenvalue weighted by Gasteiger charge is 2.14. The lowest BCUT2D eigenvalue weighted by Gasteiger charge is -1.89. The molecule has 0 aliphatic rings. The lowest BCUT2D eigenvalue weighted by atomic mass is 9.91. The third-order valence-corrected chi connectivity index (χ3v) is 1.59. The van der Waals surface area contributed by atoms with Gasteiger partial charge < -0.3 is 10.7 Å². The Bertz CT molecular complexity index is 375. The molecule has 0 aliphatic heterocycles. The maximum atomic E-state index is 10.7. The van der Waals surface area contributed by atoms with Crippen LogP contribution in [0.1, 0.15) is 21.7 Å². The number of primary amides is 1. The number of nitrogens with one attached hydrogen (secondary N) is 1. The van der Waals surface area contributed by atoms with Crippen LogP contribution in [0.5, 0.6) is 0 Å². The number of H-pyrrole nitrogens is 1. The number of carbonyl (C=O) groups excluding carboxylic acids is 1. The lowest BCUT2D eigenvalue weighted by molar-refractivity contribution is 0.0996. The molecule has 1 heterocycles. The van der Waals surface area contributed by atoms with Crippen LogP contribution < -0.4 is 11.2 Å². The second kappa shape index (κ2) is 2.74. The van der Waals surface area contributed by atoms with E-state index in [1.54, 1.807) is 6.92 Å². The van der Waals surface area contributed by atoms with Crippen molar-refractivity contribution in [2.75, 3.05) is 0 Å². The number of hydrogen-bond acceptors (Lipinski definition) is 2. The van der Waals surface area contributed by atoms with E-state index >= 15 is 0 Å². The fourth-order valence-electron chi connectivity index (χ4n) is 0.940. The molecular weight excluding hydrogens is 153 g/mol. The summed E-state index contributed by atoms with van der Waals surface area (Å²) in [6, 6.07) is 1.81. The number of nitrogens with two attached hydrogens (primary N) is 1. The molecule has 0 saturated carbocycles. The molecule has 0 spiro atoms. The predicted molar refractivity (Wildman–Crippen MR) is 44.2 cm³/mol. The van der Waals surface area contributed by atoms with Gasteiger partial charge in [0.2, 0.25) is 0 Å². The first kappa shape index (κ1) is 8.40. The van der Waals surface area contributed by atoms with E-state index in [0.717, 1.165) is 0 Å². The summed E-state index contributed by atoms with van der Waals surface area (Å²) in [7, 11) is 5.49. The minimum Gasteiger partial charge on any atom is -0.364 e. The van der Waals surface area contributed by atoms with Gasteiger partial charge in [-0.1, -0.05) is 5.46 Å². The first-order valence-electron chi connectivity index (χ1n) is 3.26. The Kier molecular flexibility index (Phi) is 1.92. The second-order valence-corrected chi connectivity index (χ2v) is 2.39. The molecule has 0 aromatic carbocycles. The van der Waals surface area contributed by atoms with E-state index in [2.05, 4.69) is 4.98 Å². The molecule has 3 N–H and O–H groups in total. The van der Waals surface area contributed by atoms with Crippen molar-refractivity contribution in [2.45, 2.75) is 6.92 Å². The van der Waals surface area contributed by atoms with E-state index in [9.17, 15) is 4.79 Å². The summed E-state index contributed by atoms with van der Waals surface area (Å²) in [5.41, 5.74) is 6.06. The smallest absolute Gasteiger partial charge is 0.266 e. The second-order valence-electron chi connectivity index (χ2n) is 2.39. The summed E-state index contributed by atoms with van der Waals surface area (Å²) in [6.45, 7) is 1.67. The highest BCUT2D eigenvalue weighted by molar-refractivity contribution is 6.35. The van der Waals surface area contributed by atoms with Crippen LogP contribution in [0, 0.1) is 18.3 Å². The molecule has 2 radical (unpaired) electrons. The molecular formula is C7H6BN3O. The standard InChI is InChI=1S/C7H6BN3O/c1-3-5(8)4(2-9)6(11-3)7(10)12/h11H,1H3,(H2,10,12). The van der Waals surface area contributed by atoms with Crippen molar-refractivity contribution in [3.05, 3.63) is 17.0 Å². The average molecular weight is 159 g/mol. The maximum Gasteiger partial charge on any atom is 0.266 e. The maximum absolute atomic E-state index is 10.7. The fourth-order valence-corrected chi connectivity index (χ4v) is 0.940. The largest absolute Gasteiger partial charge is 0.364 e. The quantitative estimate of drug-likeness (QED) is 0.519. The summed E-state index contributed by atoms with van der Waals surface area (Å²) < 4.78 is 0. The van der Waals surface area contributed by atoms with Gasteiger partial charge in [0.05, 0.1) is 5.56 Å². The molecule has 1 aromatic rings. The molecule has 0 saturated heterocycles. The Labute approximate surface area is 70.8 Å². The van der Waals surface area contributed by atoms with Crippen LogP contribution >= 0.6 is 0 Å². The van der Waals surface area contributed by atoms with Crippen LogP contribution in [-0.2, 0) is 0 Å². The molecule has 58 valence electrons. The molecule has 1 aromatic heterocycles. The SMILES string of the molecule is [B]c1c(C)[nH]c(C(N)=O)c1C#N. The van der Waals surface area contributed by atoms with E-state index in [4.69, 9.17) is 18.8 Å². The molecule has 0 fully saturated rings.